The lowest BCUT2D eigenvalue weighted by molar-refractivity contribution is -0.143. The van der Waals surface area contributed by atoms with E-state index < -0.39 is 59.9 Å². The summed E-state index contributed by atoms with van der Waals surface area (Å²) in [5, 5.41) is 2.55. The largest absolute Gasteiger partial charge is 0.416 e. The van der Waals surface area contributed by atoms with Gasteiger partial charge in [0.15, 0.2) is 0 Å². The summed E-state index contributed by atoms with van der Waals surface area (Å²) in [7, 11) is 4.67. The predicted molar refractivity (Wildman–Crippen MR) is 134 cm³/mol. The second kappa shape index (κ2) is 12.0. The number of carbonyl (C=O) groups excluding carboxylic acids is 2. The molecule has 1 saturated heterocycles. The van der Waals surface area contributed by atoms with Crippen molar-refractivity contribution in [2.24, 2.45) is 0 Å². The zero-order chi connectivity index (χ0) is 30.0. The van der Waals surface area contributed by atoms with Crippen LogP contribution in [0.4, 0.5) is 35.5 Å². The molecule has 0 bridgehead atoms. The van der Waals surface area contributed by atoms with Crippen LogP contribution in [0.2, 0.25) is 0 Å². The Hall–Kier alpha value is -3.35. The van der Waals surface area contributed by atoms with E-state index in [4.69, 9.17) is 0 Å². The lowest BCUT2D eigenvalue weighted by Gasteiger charge is -2.44. The summed E-state index contributed by atoms with van der Waals surface area (Å²) in [6.45, 7) is 1.18. The number of amides is 3. The number of alkyl halides is 6. The van der Waals surface area contributed by atoms with Crippen LogP contribution >= 0.6 is 0 Å². The number of piperidine rings is 1. The zero-order valence-electron chi connectivity index (χ0n) is 22.5. The second-order valence-electron chi connectivity index (χ2n) is 10.1. The summed E-state index contributed by atoms with van der Waals surface area (Å²) in [4.78, 5) is 30.4. The van der Waals surface area contributed by atoms with E-state index in [9.17, 15) is 40.3 Å². The van der Waals surface area contributed by atoms with Gasteiger partial charge in [0.25, 0.3) is 0 Å². The van der Waals surface area contributed by atoms with Crippen molar-refractivity contribution in [3.05, 3.63) is 70.0 Å². The molecule has 3 amide bonds. The van der Waals surface area contributed by atoms with Crippen LogP contribution in [0.5, 0.6) is 0 Å². The van der Waals surface area contributed by atoms with Gasteiger partial charge in [-0.3, -0.25) is 4.79 Å². The van der Waals surface area contributed by atoms with E-state index in [2.05, 4.69) is 5.32 Å². The summed E-state index contributed by atoms with van der Waals surface area (Å²) in [6, 6.07) is 3.69. The van der Waals surface area contributed by atoms with Crippen molar-refractivity contribution in [2.45, 2.75) is 50.7 Å². The molecule has 0 aromatic heterocycles. The van der Waals surface area contributed by atoms with Crippen LogP contribution in [0, 0.1) is 12.7 Å². The third-order valence-electron chi connectivity index (χ3n) is 6.85. The molecule has 13 heteroatoms. The van der Waals surface area contributed by atoms with Crippen molar-refractivity contribution in [2.75, 3.05) is 34.2 Å². The Balaban J connectivity index is 2.05. The van der Waals surface area contributed by atoms with Crippen LogP contribution < -0.4 is 5.32 Å². The average molecular weight is 577 g/mol. The fourth-order valence-electron chi connectivity index (χ4n) is 5.01. The van der Waals surface area contributed by atoms with Crippen LogP contribution in [0.3, 0.4) is 0 Å². The van der Waals surface area contributed by atoms with Crippen molar-refractivity contribution in [1.82, 2.24) is 20.0 Å². The normalized spacial score (nSPS) is 18.1. The minimum Gasteiger partial charge on any atom is -0.341 e. The molecule has 40 heavy (non-hydrogen) atoms. The summed E-state index contributed by atoms with van der Waals surface area (Å²) in [5.74, 6) is -0.975. The van der Waals surface area contributed by atoms with Gasteiger partial charge in [-0.1, -0.05) is 6.07 Å². The molecule has 2 unspecified atom stereocenters. The number of hydrogen-bond donors (Lipinski definition) is 1. The fourth-order valence-corrected chi connectivity index (χ4v) is 5.01. The maximum Gasteiger partial charge on any atom is 0.416 e. The monoisotopic (exact) mass is 576 g/mol. The Labute approximate surface area is 227 Å². The minimum absolute atomic E-state index is 0.0463. The van der Waals surface area contributed by atoms with Crippen LogP contribution in [0.15, 0.2) is 36.4 Å². The Morgan fingerprint density at radius 2 is 1.60 bits per heavy atom. The lowest BCUT2D eigenvalue weighted by Crippen LogP contribution is -2.52. The van der Waals surface area contributed by atoms with Gasteiger partial charge in [-0.05, 0) is 80.9 Å². The zero-order valence-corrected chi connectivity index (χ0v) is 22.5. The highest BCUT2D eigenvalue weighted by atomic mass is 19.4. The average Bonchev–Trinajstić information content (AvgIpc) is 2.85. The maximum atomic E-state index is 13.8. The van der Waals surface area contributed by atoms with Crippen LogP contribution in [-0.4, -0.2) is 66.9 Å². The minimum atomic E-state index is -5.03. The number of nitrogens with one attached hydrogen (secondary N) is 1. The predicted octanol–water partition coefficient (Wildman–Crippen LogP) is 5.61. The molecule has 1 N–H and O–H groups in total. The van der Waals surface area contributed by atoms with Crippen molar-refractivity contribution in [3.63, 3.8) is 0 Å². The van der Waals surface area contributed by atoms with Gasteiger partial charge in [0.1, 0.15) is 5.82 Å². The molecule has 2 aromatic rings. The lowest BCUT2D eigenvalue weighted by atomic mass is 9.88. The number of rotatable bonds is 6. The topological polar surface area (TPSA) is 55.9 Å². The molecule has 220 valence electrons. The first-order chi connectivity index (χ1) is 18.5. The van der Waals surface area contributed by atoms with E-state index in [1.807, 2.05) is 0 Å². The number of benzene rings is 2. The van der Waals surface area contributed by atoms with Gasteiger partial charge in [0.2, 0.25) is 5.91 Å². The summed E-state index contributed by atoms with van der Waals surface area (Å²) < 4.78 is 94.8. The Morgan fingerprint density at radius 3 is 2.10 bits per heavy atom. The van der Waals surface area contributed by atoms with E-state index in [0.717, 1.165) is 0 Å². The number of aryl methyl sites for hydroxylation is 1. The van der Waals surface area contributed by atoms with E-state index in [1.54, 1.807) is 25.9 Å². The molecular weight excluding hydrogens is 545 g/mol. The Bertz CT molecular complexity index is 1200. The fraction of sp³-hybridized carbons (Fsp3) is 0.481. The summed E-state index contributed by atoms with van der Waals surface area (Å²) >= 11 is 0. The number of likely N-dealkylation sites (N-methyl/N-ethyl adjacent to an activating group) is 1. The molecule has 0 aliphatic carbocycles. The van der Waals surface area contributed by atoms with Gasteiger partial charge in [-0.2, -0.15) is 26.3 Å². The molecule has 0 spiro atoms. The van der Waals surface area contributed by atoms with Crippen LogP contribution in [0.1, 0.15) is 46.7 Å². The SMILES string of the molecule is CNC(=O)N1CCC(N(Cc2cc(C(F)(F)F)cc(C(F)(F)F)c2)C(=O)CN(C)C)CC1c1ccc(F)cc1C. The summed E-state index contributed by atoms with van der Waals surface area (Å²) in [6.07, 6.45) is -9.68. The van der Waals surface area contributed by atoms with Crippen molar-refractivity contribution < 1.29 is 40.3 Å². The highest BCUT2D eigenvalue weighted by Crippen LogP contribution is 2.38. The molecule has 0 radical (unpaired) electrons. The number of nitrogens with zero attached hydrogens (tertiary/aromatic N) is 3. The number of carbonyl (C=O) groups is 2. The quantitative estimate of drug-likeness (QED) is 0.456. The highest BCUT2D eigenvalue weighted by Gasteiger charge is 2.39. The van der Waals surface area contributed by atoms with E-state index in [0.29, 0.717) is 23.3 Å². The molecule has 2 aromatic carbocycles. The Morgan fingerprint density at radius 1 is 1.00 bits per heavy atom. The summed E-state index contributed by atoms with van der Waals surface area (Å²) in [5.41, 5.74) is -2.08. The first kappa shape index (κ1) is 31.2. The highest BCUT2D eigenvalue weighted by molar-refractivity contribution is 5.79. The van der Waals surface area contributed by atoms with Gasteiger partial charge < -0.3 is 20.0 Å². The first-order valence-corrected chi connectivity index (χ1v) is 12.5. The third kappa shape index (κ3) is 7.43. The molecule has 1 aliphatic heterocycles. The molecule has 1 heterocycles. The molecule has 0 saturated carbocycles. The van der Waals surface area contributed by atoms with E-state index in [1.165, 1.54) is 35.0 Å². The molecule has 3 rings (SSSR count). The van der Waals surface area contributed by atoms with E-state index >= 15 is 0 Å². The molecule has 6 nitrogen and oxygen atoms in total. The molecular formula is C27H31F7N4O2. The van der Waals surface area contributed by atoms with E-state index in [-0.39, 0.29) is 37.6 Å². The number of urea groups is 1. The molecule has 2 atom stereocenters. The van der Waals surface area contributed by atoms with Crippen molar-refractivity contribution >= 4 is 11.9 Å². The number of hydrogen-bond acceptors (Lipinski definition) is 3. The van der Waals surface area contributed by atoms with Gasteiger partial charge in [0, 0.05) is 26.2 Å². The molecule has 1 fully saturated rings. The maximum absolute atomic E-state index is 13.8. The number of halogens is 7. The second-order valence-corrected chi connectivity index (χ2v) is 10.1. The van der Waals surface area contributed by atoms with Gasteiger partial charge in [-0.15, -0.1) is 0 Å². The van der Waals surface area contributed by atoms with Gasteiger partial charge in [-0.25, -0.2) is 9.18 Å². The van der Waals surface area contributed by atoms with Crippen molar-refractivity contribution in [3.8, 4) is 0 Å². The standard InChI is InChI=1S/C27H31F7N4O2/c1-16-9-20(28)5-6-22(16)23-13-21(7-8-37(23)25(40)35-2)38(24(39)15-36(3)4)14-17-10-18(26(29,30)31)12-19(11-17)27(32,33)34/h5-6,9-12,21,23H,7-8,13-15H2,1-4H3,(H,35,40). The first-order valence-electron chi connectivity index (χ1n) is 12.5. The van der Waals surface area contributed by atoms with Crippen LogP contribution in [-0.2, 0) is 23.7 Å². The van der Waals surface area contributed by atoms with Gasteiger partial charge >= 0.3 is 18.4 Å². The smallest absolute Gasteiger partial charge is 0.341 e. The van der Waals surface area contributed by atoms with Crippen LogP contribution in [0.25, 0.3) is 0 Å². The Kier molecular flexibility index (Phi) is 9.38. The van der Waals surface area contributed by atoms with Gasteiger partial charge in [0.05, 0.1) is 23.7 Å². The van der Waals surface area contributed by atoms with Crippen molar-refractivity contribution in [1.29, 1.82) is 0 Å². The third-order valence-corrected chi connectivity index (χ3v) is 6.85. The number of likely N-dealkylation sites (tertiary alicyclic amines) is 1. The molecule has 1 aliphatic rings.